The van der Waals surface area contributed by atoms with Crippen molar-refractivity contribution < 1.29 is 9.90 Å². The summed E-state index contributed by atoms with van der Waals surface area (Å²) in [5.41, 5.74) is -0.875. The minimum absolute atomic E-state index is 0.177. The van der Waals surface area contributed by atoms with Crippen LogP contribution in [0.4, 0.5) is 0 Å². The summed E-state index contributed by atoms with van der Waals surface area (Å²) >= 11 is 0. The maximum absolute atomic E-state index is 11.3. The number of aliphatic hydroxyl groups is 1. The van der Waals surface area contributed by atoms with Crippen molar-refractivity contribution in [2.45, 2.75) is 39.2 Å². The fourth-order valence-electron chi connectivity index (χ4n) is 1.11. The van der Waals surface area contributed by atoms with Crippen molar-refractivity contribution in [3.05, 3.63) is 36.5 Å². The lowest BCUT2D eigenvalue weighted by Gasteiger charge is -2.16. The van der Waals surface area contributed by atoms with Gasteiger partial charge >= 0.3 is 0 Å². The molecule has 0 heterocycles. The fraction of sp³-hybridized carbons (Fsp3) is 0.438. The van der Waals surface area contributed by atoms with Gasteiger partial charge in [-0.05, 0) is 45.8 Å². The van der Waals surface area contributed by atoms with E-state index in [1.165, 1.54) is 6.08 Å². The Morgan fingerprint density at radius 1 is 1.26 bits per heavy atom. The molecule has 1 amide bonds. The van der Waals surface area contributed by atoms with E-state index in [9.17, 15) is 9.90 Å². The van der Waals surface area contributed by atoms with Crippen LogP contribution in [0.2, 0.25) is 0 Å². The summed E-state index contributed by atoms with van der Waals surface area (Å²) in [5, 5.41) is 12.1. The third-order valence-corrected chi connectivity index (χ3v) is 2.04. The smallest absolute Gasteiger partial charge is 0.243 e. The molecule has 104 valence electrons. The maximum atomic E-state index is 11.3. The van der Waals surface area contributed by atoms with Gasteiger partial charge in [-0.1, -0.05) is 30.2 Å². The SMILES string of the molecule is CC#C/C=C/C=C/CC/C=C/C(=O)NCC(C)(C)O. The molecule has 19 heavy (non-hydrogen) atoms. The van der Waals surface area contributed by atoms with Crippen molar-refractivity contribution in [1.82, 2.24) is 5.32 Å². The van der Waals surface area contributed by atoms with Gasteiger partial charge in [0.15, 0.2) is 0 Å². The molecule has 0 atom stereocenters. The number of carbonyl (C=O) groups is 1. The molecule has 0 unspecified atom stereocenters. The van der Waals surface area contributed by atoms with Crippen molar-refractivity contribution in [3.63, 3.8) is 0 Å². The van der Waals surface area contributed by atoms with Crippen LogP contribution in [-0.2, 0) is 4.79 Å². The van der Waals surface area contributed by atoms with Crippen molar-refractivity contribution >= 4 is 5.91 Å². The summed E-state index contributed by atoms with van der Waals surface area (Å²) in [4.78, 5) is 11.3. The van der Waals surface area contributed by atoms with Gasteiger partial charge in [0.1, 0.15) is 0 Å². The zero-order valence-corrected chi connectivity index (χ0v) is 11.9. The Kier molecular flexibility index (Phi) is 9.20. The second kappa shape index (κ2) is 10.2. The van der Waals surface area contributed by atoms with Gasteiger partial charge in [-0.3, -0.25) is 4.79 Å². The Morgan fingerprint density at radius 2 is 1.95 bits per heavy atom. The molecule has 0 aromatic rings. The number of allylic oxidation sites excluding steroid dienone is 5. The largest absolute Gasteiger partial charge is 0.389 e. The van der Waals surface area contributed by atoms with E-state index in [1.807, 2.05) is 24.3 Å². The first-order chi connectivity index (χ1) is 8.95. The summed E-state index contributed by atoms with van der Waals surface area (Å²) in [5.74, 6) is 5.42. The molecule has 0 fully saturated rings. The van der Waals surface area contributed by atoms with Crippen LogP contribution in [0, 0.1) is 11.8 Å². The molecule has 0 saturated carbocycles. The lowest BCUT2D eigenvalue weighted by atomic mass is 10.1. The Morgan fingerprint density at radius 3 is 2.58 bits per heavy atom. The molecule has 0 rings (SSSR count). The highest BCUT2D eigenvalue weighted by atomic mass is 16.3. The highest BCUT2D eigenvalue weighted by Gasteiger charge is 2.12. The Hall–Kier alpha value is -1.79. The van der Waals surface area contributed by atoms with Crippen LogP contribution in [0.25, 0.3) is 0 Å². The van der Waals surface area contributed by atoms with Crippen LogP contribution in [0.3, 0.4) is 0 Å². The average molecular weight is 261 g/mol. The third kappa shape index (κ3) is 14.1. The zero-order valence-electron chi connectivity index (χ0n) is 11.9. The van der Waals surface area contributed by atoms with Crippen LogP contribution in [0.5, 0.6) is 0 Å². The fourth-order valence-corrected chi connectivity index (χ4v) is 1.11. The first kappa shape index (κ1) is 17.2. The third-order valence-electron chi connectivity index (χ3n) is 2.04. The summed E-state index contributed by atoms with van der Waals surface area (Å²) in [6.07, 6.45) is 12.6. The first-order valence-electron chi connectivity index (χ1n) is 6.36. The molecule has 0 bridgehead atoms. The molecule has 2 N–H and O–H groups in total. The summed E-state index contributed by atoms with van der Waals surface area (Å²) in [7, 11) is 0. The highest BCUT2D eigenvalue weighted by molar-refractivity contribution is 5.87. The summed E-state index contributed by atoms with van der Waals surface area (Å²) < 4.78 is 0. The Balaban J connectivity index is 3.73. The molecule has 0 aliphatic heterocycles. The molecule has 0 saturated heterocycles. The average Bonchev–Trinajstić information content (AvgIpc) is 2.33. The number of carbonyl (C=O) groups excluding carboxylic acids is 1. The molecular weight excluding hydrogens is 238 g/mol. The standard InChI is InChI=1S/C16H23NO2/c1-4-5-6-7-8-9-10-11-12-13-15(18)17-14-16(2,3)19/h6-9,12-13,19H,10-11,14H2,1-3H3,(H,17,18)/b7-6+,9-8+,13-12+. The molecule has 0 spiro atoms. The van der Waals surface area contributed by atoms with Crippen molar-refractivity contribution in [2.75, 3.05) is 6.54 Å². The minimum atomic E-state index is -0.875. The number of unbranched alkanes of at least 4 members (excludes halogenated alkanes) is 1. The molecule has 0 aromatic carbocycles. The van der Waals surface area contributed by atoms with Gasteiger partial charge < -0.3 is 10.4 Å². The van der Waals surface area contributed by atoms with E-state index in [0.717, 1.165) is 12.8 Å². The molecular formula is C16H23NO2. The number of rotatable bonds is 7. The van der Waals surface area contributed by atoms with Crippen LogP contribution < -0.4 is 5.32 Å². The van der Waals surface area contributed by atoms with Gasteiger partial charge in [0.2, 0.25) is 5.91 Å². The lowest BCUT2D eigenvalue weighted by Crippen LogP contribution is -2.37. The van der Waals surface area contributed by atoms with E-state index in [-0.39, 0.29) is 12.5 Å². The van der Waals surface area contributed by atoms with E-state index in [2.05, 4.69) is 17.2 Å². The molecule has 0 aliphatic carbocycles. The van der Waals surface area contributed by atoms with Gasteiger partial charge in [0, 0.05) is 6.54 Å². The first-order valence-corrected chi connectivity index (χ1v) is 6.36. The molecule has 3 nitrogen and oxygen atoms in total. The normalized spacial score (nSPS) is 12.0. The van der Waals surface area contributed by atoms with E-state index in [1.54, 1.807) is 26.8 Å². The number of hydrogen-bond acceptors (Lipinski definition) is 2. The summed E-state index contributed by atoms with van der Waals surface area (Å²) in [6.45, 7) is 5.34. The Labute approximate surface area is 116 Å². The van der Waals surface area contributed by atoms with Crippen LogP contribution >= 0.6 is 0 Å². The van der Waals surface area contributed by atoms with Crippen LogP contribution in [0.15, 0.2) is 36.5 Å². The van der Waals surface area contributed by atoms with Gasteiger partial charge in [-0.2, -0.15) is 0 Å². The molecule has 3 heteroatoms. The maximum Gasteiger partial charge on any atom is 0.243 e. The number of amides is 1. The molecule has 0 radical (unpaired) electrons. The van der Waals surface area contributed by atoms with E-state index < -0.39 is 5.60 Å². The lowest BCUT2D eigenvalue weighted by molar-refractivity contribution is -0.117. The predicted octanol–water partition coefficient (Wildman–Crippen LogP) is 2.35. The second-order valence-electron chi connectivity index (χ2n) is 4.69. The van der Waals surface area contributed by atoms with Gasteiger partial charge in [-0.25, -0.2) is 0 Å². The van der Waals surface area contributed by atoms with Crippen LogP contribution in [0.1, 0.15) is 33.6 Å². The molecule has 0 aromatic heterocycles. The van der Waals surface area contributed by atoms with Crippen molar-refractivity contribution in [2.24, 2.45) is 0 Å². The Bertz CT molecular complexity index is 401. The van der Waals surface area contributed by atoms with E-state index >= 15 is 0 Å². The van der Waals surface area contributed by atoms with Crippen molar-refractivity contribution in [1.29, 1.82) is 0 Å². The summed E-state index contributed by atoms with van der Waals surface area (Å²) in [6, 6.07) is 0. The van der Waals surface area contributed by atoms with Gasteiger partial charge in [0.25, 0.3) is 0 Å². The van der Waals surface area contributed by atoms with Crippen LogP contribution in [-0.4, -0.2) is 23.2 Å². The van der Waals surface area contributed by atoms with E-state index in [0.29, 0.717) is 0 Å². The number of nitrogens with one attached hydrogen (secondary N) is 1. The monoisotopic (exact) mass is 261 g/mol. The zero-order chi connectivity index (χ0) is 14.6. The van der Waals surface area contributed by atoms with Gasteiger partial charge in [0.05, 0.1) is 5.60 Å². The minimum Gasteiger partial charge on any atom is -0.389 e. The van der Waals surface area contributed by atoms with Gasteiger partial charge in [-0.15, -0.1) is 5.92 Å². The van der Waals surface area contributed by atoms with E-state index in [4.69, 9.17) is 0 Å². The van der Waals surface area contributed by atoms with Crippen molar-refractivity contribution in [3.8, 4) is 11.8 Å². The predicted molar refractivity (Wildman–Crippen MR) is 79.4 cm³/mol. The molecule has 0 aliphatic rings. The second-order valence-corrected chi connectivity index (χ2v) is 4.69. The quantitative estimate of drug-likeness (QED) is 0.320. The topological polar surface area (TPSA) is 49.3 Å². The number of hydrogen-bond donors (Lipinski definition) is 2. The highest BCUT2D eigenvalue weighted by Crippen LogP contribution is 1.97.